The highest BCUT2D eigenvalue weighted by atomic mass is 16.5. The topological polar surface area (TPSA) is 86.6 Å². The Morgan fingerprint density at radius 2 is 1.96 bits per heavy atom. The molecule has 28 heavy (non-hydrogen) atoms. The van der Waals surface area contributed by atoms with Gasteiger partial charge in [-0.25, -0.2) is 4.79 Å². The van der Waals surface area contributed by atoms with E-state index >= 15 is 0 Å². The minimum atomic E-state index is -0.267. The maximum Gasteiger partial charge on any atom is 0.319 e. The van der Waals surface area contributed by atoms with Crippen LogP contribution in [0, 0.1) is 17.2 Å². The molecule has 2 aromatic carbocycles. The number of amides is 2. The van der Waals surface area contributed by atoms with Crippen LogP contribution in [0.4, 0.5) is 16.2 Å². The molecular formula is C21H24N4O3. The highest BCUT2D eigenvalue weighted by molar-refractivity contribution is 5.89. The molecule has 0 unspecified atom stereocenters. The van der Waals surface area contributed by atoms with Crippen LogP contribution in [-0.4, -0.2) is 39.9 Å². The van der Waals surface area contributed by atoms with Crippen LogP contribution in [-0.2, 0) is 0 Å². The maximum atomic E-state index is 12.1. The third-order valence-corrected chi connectivity index (χ3v) is 4.79. The summed E-state index contributed by atoms with van der Waals surface area (Å²) in [4.78, 5) is 14.4. The molecule has 2 amide bonds. The lowest BCUT2D eigenvalue weighted by molar-refractivity contribution is 0.250. The van der Waals surface area contributed by atoms with Crippen molar-refractivity contribution in [2.45, 2.75) is 6.42 Å². The predicted molar refractivity (Wildman–Crippen MR) is 108 cm³/mol. The number of rotatable bonds is 6. The molecule has 7 heteroatoms. The van der Waals surface area contributed by atoms with E-state index in [9.17, 15) is 4.79 Å². The molecule has 1 aliphatic heterocycles. The first-order chi connectivity index (χ1) is 13.6. The average Bonchev–Trinajstić information content (AvgIpc) is 3.21. The lowest BCUT2D eigenvalue weighted by Crippen LogP contribution is -2.34. The van der Waals surface area contributed by atoms with Gasteiger partial charge in [0.05, 0.1) is 25.9 Å². The van der Waals surface area contributed by atoms with Gasteiger partial charge in [-0.1, -0.05) is 6.07 Å². The Labute approximate surface area is 164 Å². The molecule has 2 aromatic rings. The second-order valence-corrected chi connectivity index (χ2v) is 6.70. The molecule has 1 saturated heterocycles. The van der Waals surface area contributed by atoms with Crippen LogP contribution in [0.2, 0.25) is 0 Å². The van der Waals surface area contributed by atoms with Crippen LogP contribution in [0.25, 0.3) is 0 Å². The van der Waals surface area contributed by atoms with Crippen molar-refractivity contribution in [3.05, 3.63) is 48.0 Å². The number of hydrogen-bond donors (Lipinski definition) is 2. The van der Waals surface area contributed by atoms with Gasteiger partial charge in [0.1, 0.15) is 11.5 Å². The SMILES string of the molecule is COc1cc(OC)cc(N2CC[C@@H](CNC(=O)Nc3cccc(C#N)c3)C2)c1. The van der Waals surface area contributed by atoms with Gasteiger partial charge in [0, 0.05) is 49.2 Å². The van der Waals surface area contributed by atoms with E-state index < -0.39 is 0 Å². The maximum absolute atomic E-state index is 12.1. The van der Waals surface area contributed by atoms with Crippen LogP contribution in [0.1, 0.15) is 12.0 Å². The van der Waals surface area contributed by atoms with Gasteiger partial charge in [-0.2, -0.15) is 5.26 Å². The number of ether oxygens (including phenoxy) is 2. The number of nitriles is 1. The summed E-state index contributed by atoms with van der Waals surface area (Å²) in [7, 11) is 3.28. The van der Waals surface area contributed by atoms with Crippen LogP contribution < -0.4 is 25.0 Å². The fraction of sp³-hybridized carbons (Fsp3) is 0.333. The Morgan fingerprint density at radius 3 is 2.64 bits per heavy atom. The van der Waals surface area contributed by atoms with E-state index in [0.29, 0.717) is 23.7 Å². The molecule has 0 radical (unpaired) electrons. The molecule has 0 saturated carbocycles. The van der Waals surface area contributed by atoms with E-state index in [-0.39, 0.29) is 6.03 Å². The fourth-order valence-electron chi connectivity index (χ4n) is 3.29. The Morgan fingerprint density at radius 1 is 1.21 bits per heavy atom. The lowest BCUT2D eigenvalue weighted by Gasteiger charge is -2.20. The molecule has 0 spiro atoms. The van der Waals surface area contributed by atoms with E-state index in [2.05, 4.69) is 21.6 Å². The number of carbonyl (C=O) groups excluding carboxylic acids is 1. The molecule has 1 aliphatic rings. The summed E-state index contributed by atoms with van der Waals surface area (Å²) in [5.74, 6) is 1.87. The summed E-state index contributed by atoms with van der Waals surface area (Å²) in [6.45, 7) is 2.34. The van der Waals surface area contributed by atoms with Gasteiger partial charge in [0.25, 0.3) is 0 Å². The molecule has 1 atom stereocenters. The lowest BCUT2D eigenvalue weighted by atomic mass is 10.1. The third kappa shape index (κ3) is 4.86. The molecule has 3 rings (SSSR count). The number of hydrogen-bond acceptors (Lipinski definition) is 5. The van der Waals surface area contributed by atoms with Crippen molar-refractivity contribution in [1.29, 1.82) is 5.26 Å². The van der Waals surface area contributed by atoms with Crippen LogP contribution in [0.3, 0.4) is 0 Å². The van der Waals surface area contributed by atoms with Crippen molar-refractivity contribution in [3.63, 3.8) is 0 Å². The van der Waals surface area contributed by atoms with E-state index in [4.69, 9.17) is 14.7 Å². The number of nitrogens with zero attached hydrogens (tertiary/aromatic N) is 2. The monoisotopic (exact) mass is 380 g/mol. The first-order valence-corrected chi connectivity index (χ1v) is 9.14. The highest BCUT2D eigenvalue weighted by Gasteiger charge is 2.24. The standard InChI is InChI=1S/C21H24N4O3/c1-27-19-9-18(10-20(11-19)28-2)25-7-6-16(14-25)13-23-21(26)24-17-5-3-4-15(8-17)12-22/h3-5,8-11,16H,6-7,13-14H2,1-2H3,(H2,23,24,26)/t16-/m0/s1. The number of urea groups is 1. The van der Waals surface area contributed by atoms with Crippen LogP contribution in [0.5, 0.6) is 11.5 Å². The second-order valence-electron chi connectivity index (χ2n) is 6.70. The molecule has 2 N–H and O–H groups in total. The number of benzene rings is 2. The normalized spacial score (nSPS) is 15.6. The van der Waals surface area contributed by atoms with Crippen molar-refractivity contribution in [1.82, 2.24) is 5.32 Å². The summed E-state index contributed by atoms with van der Waals surface area (Å²) in [6, 6.07) is 14.5. The zero-order valence-corrected chi connectivity index (χ0v) is 16.1. The molecule has 0 aliphatic carbocycles. The van der Waals surface area contributed by atoms with Gasteiger partial charge in [0.2, 0.25) is 0 Å². The van der Waals surface area contributed by atoms with Gasteiger partial charge in [0.15, 0.2) is 0 Å². The minimum Gasteiger partial charge on any atom is -0.497 e. The summed E-state index contributed by atoms with van der Waals surface area (Å²) in [6.07, 6.45) is 0.990. The highest BCUT2D eigenvalue weighted by Crippen LogP contribution is 2.31. The first-order valence-electron chi connectivity index (χ1n) is 9.14. The van der Waals surface area contributed by atoms with Crippen molar-refractivity contribution >= 4 is 17.4 Å². The Balaban J connectivity index is 1.52. The second kappa shape index (κ2) is 9.00. The molecular weight excluding hydrogens is 356 g/mol. The molecule has 1 fully saturated rings. The van der Waals surface area contributed by atoms with E-state index in [1.54, 1.807) is 38.5 Å². The Hall–Kier alpha value is -3.40. The zero-order valence-electron chi connectivity index (χ0n) is 16.1. The van der Waals surface area contributed by atoms with Crippen molar-refractivity contribution in [2.24, 2.45) is 5.92 Å². The van der Waals surface area contributed by atoms with Gasteiger partial charge in [-0.3, -0.25) is 0 Å². The summed E-state index contributed by atoms with van der Waals surface area (Å²) in [5, 5.41) is 14.6. The van der Waals surface area contributed by atoms with E-state index in [1.165, 1.54) is 0 Å². The summed E-state index contributed by atoms with van der Waals surface area (Å²) >= 11 is 0. The minimum absolute atomic E-state index is 0.267. The van der Waals surface area contributed by atoms with Crippen molar-refractivity contribution in [3.8, 4) is 17.6 Å². The van der Waals surface area contributed by atoms with E-state index in [1.807, 2.05) is 18.2 Å². The Kier molecular flexibility index (Phi) is 6.22. The Bertz CT molecular complexity index is 856. The molecule has 146 valence electrons. The smallest absolute Gasteiger partial charge is 0.319 e. The van der Waals surface area contributed by atoms with Crippen molar-refractivity contribution in [2.75, 3.05) is 44.1 Å². The van der Waals surface area contributed by atoms with Gasteiger partial charge in [-0.05, 0) is 30.5 Å². The van der Waals surface area contributed by atoms with Gasteiger partial charge in [-0.15, -0.1) is 0 Å². The molecule has 7 nitrogen and oxygen atoms in total. The summed E-state index contributed by atoms with van der Waals surface area (Å²) < 4.78 is 10.7. The number of anilines is 2. The quantitative estimate of drug-likeness (QED) is 0.804. The van der Waals surface area contributed by atoms with Crippen LogP contribution >= 0.6 is 0 Å². The molecule has 0 bridgehead atoms. The third-order valence-electron chi connectivity index (χ3n) is 4.79. The zero-order chi connectivity index (χ0) is 19.9. The first kappa shape index (κ1) is 19.4. The number of methoxy groups -OCH3 is 2. The number of carbonyl (C=O) groups is 1. The van der Waals surface area contributed by atoms with Crippen LogP contribution in [0.15, 0.2) is 42.5 Å². The van der Waals surface area contributed by atoms with E-state index in [0.717, 1.165) is 36.7 Å². The van der Waals surface area contributed by atoms with Crippen molar-refractivity contribution < 1.29 is 14.3 Å². The molecule has 0 aromatic heterocycles. The van der Waals surface area contributed by atoms with Gasteiger partial charge >= 0.3 is 6.03 Å². The average molecular weight is 380 g/mol. The number of nitrogens with one attached hydrogen (secondary N) is 2. The molecule has 1 heterocycles. The van der Waals surface area contributed by atoms with Gasteiger partial charge < -0.3 is 25.0 Å². The summed E-state index contributed by atoms with van der Waals surface area (Å²) in [5.41, 5.74) is 2.17. The predicted octanol–water partition coefficient (Wildman–Crippen LogP) is 3.22. The largest absolute Gasteiger partial charge is 0.497 e. The fourth-order valence-corrected chi connectivity index (χ4v) is 3.29.